The minimum absolute atomic E-state index is 0.0788. The Labute approximate surface area is 113 Å². The Kier molecular flexibility index (Phi) is 3.01. The molecule has 3 rings (SSSR count). The lowest BCUT2D eigenvalue weighted by molar-refractivity contribution is -0.144. The summed E-state index contributed by atoms with van der Waals surface area (Å²) in [6.07, 6.45) is 2.38. The van der Waals surface area contributed by atoms with E-state index in [0.717, 1.165) is 25.1 Å². The van der Waals surface area contributed by atoms with Crippen molar-refractivity contribution in [2.45, 2.75) is 38.3 Å². The number of nitrogens with zero attached hydrogens (tertiary/aromatic N) is 2. The molecular formula is C15H18N2O2. The van der Waals surface area contributed by atoms with E-state index in [2.05, 4.69) is 0 Å². The number of benzene rings is 1. The van der Waals surface area contributed by atoms with Crippen molar-refractivity contribution in [2.75, 3.05) is 11.4 Å². The van der Waals surface area contributed by atoms with Crippen molar-refractivity contribution in [2.24, 2.45) is 0 Å². The minimum atomic E-state index is -0.343. The Morgan fingerprint density at radius 2 is 1.89 bits per heavy atom. The Morgan fingerprint density at radius 1 is 1.16 bits per heavy atom. The zero-order chi connectivity index (χ0) is 13.4. The molecule has 0 aliphatic carbocycles. The lowest BCUT2D eigenvalue weighted by Gasteiger charge is -2.42. The van der Waals surface area contributed by atoms with Crippen LogP contribution in [0.3, 0.4) is 0 Å². The molecule has 0 radical (unpaired) electrons. The summed E-state index contributed by atoms with van der Waals surface area (Å²) in [5, 5.41) is 0. The molecular weight excluding hydrogens is 240 g/mol. The molecule has 0 spiro atoms. The van der Waals surface area contributed by atoms with Gasteiger partial charge in [0.25, 0.3) is 5.91 Å². The minimum Gasteiger partial charge on any atom is -0.329 e. The van der Waals surface area contributed by atoms with Crippen molar-refractivity contribution < 1.29 is 9.59 Å². The van der Waals surface area contributed by atoms with Crippen LogP contribution in [0.2, 0.25) is 0 Å². The predicted molar refractivity (Wildman–Crippen MR) is 72.7 cm³/mol. The van der Waals surface area contributed by atoms with Gasteiger partial charge < -0.3 is 4.90 Å². The number of carbonyl (C=O) groups excluding carboxylic acids is 2. The number of hydrogen-bond acceptors (Lipinski definition) is 2. The summed E-state index contributed by atoms with van der Waals surface area (Å²) in [5.41, 5.74) is 0.833. The van der Waals surface area contributed by atoms with Crippen LogP contribution in [-0.2, 0) is 9.59 Å². The molecule has 2 aliphatic rings. The van der Waals surface area contributed by atoms with Crippen LogP contribution < -0.4 is 4.90 Å². The Balaban J connectivity index is 2.01. The molecule has 1 aromatic carbocycles. The second kappa shape index (κ2) is 4.68. The van der Waals surface area contributed by atoms with E-state index in [1.54, 1.807) is 9.80 Å². The average molecular weight is 258 g/mol. The summed E-state index contributed by atoms with van der Waals surface area (Å²) in [4.78, 5) is 28.6. The molecule has 100 valence electrons. The van der Waals surface area contributed by atoms with Gasteiger partial charge in [0.2, 0.25) is 5.91 Å². The van der Waals surface area contributed by atoms with Crippen LogP contribution in [0.5, 0.6) is 0 Å². The van der Waals surface area contributed by atoms with Gasteiger partial charge in [0.1, 0.15) is 12.1 Å². The number of rotatable bonds is 2. The molecule has 0 saturated carbocycles. The van der Waals surface area contributed by atoms with Gasteiger partial charge in [-0.2, -0.15) is 0 Å². The summed E-state index contributed by atoms with van der Waals surface area (Å²) in [6, 6.07) is 8.95. The first-order valence-corrected chi connectivity index (χ1v) is 6.92. The SMILES string of the molecule is CCC1C(=O)N2CCCC2C(=O)N1c1ccccc1. The van der Waals surface area contributed by atoms with E-state index in [0.29, 0.717) is 6.42 Å². The second-order valence-electron chi connectivity index (χ2n) is 5.16. The number of amides is 2. The lowest BCUT2D eigenvalue weighted by atomic mass is 10.0. The molecule has 2 heterocycles. The zero-order valence-electron chi connectivity index (χ0n) is 11.1. The topological polar surface area (TPSA) is 40.6 Å². The quantitative estimate of drug-likeness (QED) is 0.811. The molecule has 19 heavy (non-hydrogen) atoms. The lowest BCUT2D eigenvalue weighted by Crippen LogP contribution is -2.62. The molecule has 0 aromatic heterocycles. The predicted octanol–water partition coefficient (Wildman–Crippen LogP) is 1.80. The van der Waals surface area contributed by atoms with Crippen molar-refractivity contribution in [1.29, 1.82) is 0 Å². The highest BCUT2D eigenvalue weighted by molar-refractivity contribution is 6.08. The molecule has 2 aliphatic heterocycles. The van der Waals surface area contributed by atoms with Gasteiger partial charge in [-0.05, 0) is 31.4 Å². The Hall–Kier alpha value is -1.84. The molecule has 1 aromatic rings. The van der Waals surface area contributed by atoms with Crippen LogP contribution in [0, 0.1) is 0 Å². The van der Waals surface area contributed by atoms with Crippen molar-refractivity contribution in [3.63, 3.8) is 0 Å². The maximum Gasteiger partial charge on any atom is 0.250 e. The van der Waals surface area contributed by atoms with Crippen molar-refractivity contribution >= 4 is 17.5 Å². The molecule has 0 N–H and O–H groups in total. The van der Waals surface area contributed by atoms with Gasteiger partial charge in [-0.1, -0.05) is 25.1 Å². The summed E-state index contributed by atoms with van der Waals surface area (Å²) >= 11 is 0. The van der Waals surface area contributed by atoms with Crippen LogP contribution in [0.1, 0.15) is 26.2 Å². The van der Waals surface area contributed by atoms with E-state index in [1.807, 2.05) is 37.3 Å². The van der Waals surface area contributed by atoms with Gasteiger partial charge >= 0.3 is 0 Å². The fourth-order valence-electron chi connectivity index (χ4n) is 3.16. The molecule has 0 bridgehead atoms. The highest BCUT2D eigenvalue weighted by atomic mass is 16.2. The third-order valence-electron chi connectivity index (χ3n) is 4.08. The molecule has 4 heteroatoms. The number of fused-ring (bicyclic) bond motifs is 1. The highest BCUT2D eigenvalue weighted by Gasteiger charge is 2.47. The number of anilines is 1. The molecule has 2 atom stereocenters. The highest BCUT2D eigenvalue weighted by Crippen LogP contribution is 2.31. The number of hydrogen-bond donors (Lipinski definition) is 0. The average Bonchev–Trinajstić information content (AvgIpc) is 2.93. The van der Waals surface area contributed by atoms with Crippen LogP contribution in [0.4, 0.5) is 5.69 Å². The zero-order valence-corrected chi connectivity index (χ0v) is 11.1. The number of para-hydroxylation sites is 1. The number of piperazine rings is 1. The summed E-state index contributed by atoms with van der Waals surface area (Å²) < 4.78 is 0. The van der Waals surface area contributed by atoms with Crippen molar-refractivity contribution in [1.82, 2.24) is 4.90 Å². The van der Waals surface area contributed by atoms with Crippen molar-refractivity contribution in [3.05, 3.63) is 30.3 Å². The van der Waals surface area contributed by atoms with Crippen LogP contribution >= 0.6 is 0 Å². The monoisotopic (exact) mass is 258 g/mol. The molecule has 2 amide bonds. The van der Waals surface area contributed by atoms with Gasteiger partial charge in [-0.25, -0.2) is 0 Å². The van der Waals surface area contributed by atoms with E-state index in [9.17, 15) is 9.59 Å². The van der Waals surface area contributed by atoms with Crippen LogP contribution in [-0.4, -0.2) is 35.3 Å². The molecule has 2 saturated heterocycles. The number of carbonyl (C=O) groups is 2. The fourth-order valence-corrected chi connectivity index (χ4v) is 3.16. The van der Waals surface area contributed by atoms with Gasteiger partial charge in [0, 0.05) is 12.2 Å². The maximum atomic E-state index is 12.7. The van der Waals surface area contributed by atoms with Gasteiger partial charge in [0.15, 0.2) is 0 Å². The smallest absolute Gasteiger partial charge is 0.250 e. The molecule has 4 nitrogen and oxygen atoms in total. The first-order chi connectivity index (χ1) is 9.24. The van der Waals surface area contributed by atoms with E-state index < -0.39 is 0 Å². The largest absolute Gasteiger partial charge is 0.329 e. The Morgan fingerprint density at radius 3 is 2.58 bits per heavy atom. The summed E-state index contributed by atoms with van der Waals surface area (Å²) in [7, 11) is 0. The van der Waals surface area contributed by atoms with E-state index in [4.69, 9.17) is 0 Å². The fraction of sp³-hybridized carbons (Fsp3) is 0.467. The van der Waals surface area contributed by atoms with E-state index in [1.165, 1.54) is 0 Å². The van der Waals surface area contributed by atoms with Crippen LogP contribution in [0.15, 0.2) is 30.3 Å². The maximum absolute atomic E-state index is 12.7. The first-order valence-electron chi connectivity index (χ1n) is 6.92. The normalized spacial score (nSPS) is 26.8. The van der Waals surface area contributed by atoms with Gasteiger partial charge in [-0.3, -0.25) is 14.5 Å². The molecule has 2 unspecified atom stereocenters. The first kappa shape index (κ1) is 12.2. The Bertz CT molecular complexity index is 500. The summed E-state index contributed by atoms with van der Waals surface area (Å²) in [6.45, 7) is 2.69. The van der Waals surface area contributed by atoms with E-state index >= 15 is 0 Å². The van der Waals surface area contributed by atoms with E-state index in [-0.39, 0.29) is 23.9 Å². The van der Waals surface area contributed by atoms with Crippen LogP contribution in [0.25, 0.3) is 0 Å². The molecule has 2 fully saturated rings. The van der Waals surface area contributed by atoms with Crippen molar-refractivity contribution in [3.8, 4) is 0 Å². The standard InChI is InChI=1S/C15H18N2O2/c1-2-12-14(18)16-10-6-9-13(16)15(19)17(12)11-7-4-3-5-8-11/h3-5,7-8,12-13H,2,6,9-10H2,1H3. The van der Waals surface area contributed by atoms with Gasteiger partial charge in [-0.15, -0.1) is 0 Å². The third-order valence-corrected chi connectivity index (χ3v) is 4.08. The summed E-state index contributed by atoms with van der Waals surface area (Å²) in [5.74, 6) is 0.184. The third kappa shape index (κ3) is 1.82. The second-order valence-corrected chi connectivity index (χ2v) is 5.16. The van der Waals surface area contributed by atoms with Gasteiger partial charge in [0.05, 0.1) is 0 Å².